The molecule has 0 aliphatic carbocycles. The van der Waals surface area contributed by atoms with Crippen molar-refractivity contribution in [1.82, 2.24) is 0 Å². The van der Waals surface area contributed by atoms with E-state index in [1.54, 1.807) is 36.4 Å². The van der Waals surface area contributed by atoms with Gasteiger partial charge in [0, 0.05) is 28.1 Å². The van der Waals surface area contributed by atoms with Crippen LogP contribution < -0.4 is 15.1 Å². The summed E-state index contributed by atoms with van der Waals surface area (Å²) in [5.74, 6) is 0.760. The molecule has 0 atom stereocenters. The molecule has 1 aromatic heterocycles. The van der Waals surface area contributed by atoms with Gasteiger partial charge >= 0.3 is 11.6 Å². The van der Waals surface area contributed by atoms with E-state index in [4.69, 9.17) is 30.2 Å². The summed E-state index contributed by atoms with van der Waals surface area (Å²) < 4.78 is 21.1. The Bertz CT molecular complexity index is 1180. The minimum absolute atomic E-state index is 0.0752. The zero-order valence-electron chi connectivity index (χ0n) is 15.6. The first-order chi connectivity index (χ1) is 14.0. The van der Waals surface area contributed by atoms with Gasteiger partial charge in [-0.1, -0.05) is 24.6 Å². The Balaban J connectivity index is 1.49. The van der Waals surface area contributed by atoms with Gasteiger partial charge in [0.15, 0.2) is 11.5 Å². The predicted molar refractivity (Wildman–Crippen MR) is 108 cm³/mol. The van der Waals surface area contributed by atoms with Crippen LogP contribution in [-0.4, -0.2) is 12.8 Å². The average Bonchev–Trinajstić information content (AvgIpc) is 3.18. The fourth-order valence-electron chi connectivity index (χ4n) is 3.06. The molecule has 4 rings (SSSR count). The second-order valence-corrected chi connectivity index (χ2v) is 6.84. The molecule has 0 spiro atoms. The number of hydrogen-bond acceptors (Lipinski definition) is 6. The molecule has 0 saturated heterocycles. The number of hydrogen-bond donors (Lipinski definition) is 0. The molecule has 7 heteroatoms. The molecule has 0 radical (unpaired) electrons. The van der Waals surface area contributed by atoms with Gasteiger partial charge in [-0.2, -0.15) is 0 Å². The predicted octanol–water partition coefficient (Wildman–Crippen LogP) is 4.49. The van der Waals surface area contributed by atoms with Crippen molar-refractivity contribution in [2.75, 3.05) is 6.79 Å². The maximum absolute atomic E-state index is 12.1. The summed E-state index contributed by atoms with van der Waals surface area (Å²) in [6.07, 6.45) is 3.64. The van der Waals surface area contributed by atoms with Gasteiger partial charge in [0.2, 0.25) is 6.79 Å². The van der Waals surface area contributed by atoms with Gasteiger partial charge in [-0.15, -0.1) is 0 Å². The minimum Gasteiger partial charge on any atom is -0.458 e. The number of halogens is 1. The van der Waals surface area contributed by atoms with Crippen LogP contribution in [-0.2, 0) is 22.6 Å². The van der Waals surface area contributed by atoms with Crippen LogP contribution in [0.1, 0.15) is 23.6 Å². The Morgan fingerprint density at radius 1 is 1.14 bits per heavy atom. The van der Waals surface area contributed by atoms with Crippen LogP contribution in [0.2, 0.25) is 5.02 Å². The number of benzene rings is 2. The molecule has 148 valence electrons. The summed E-state index contributed by atoms with van der Waals surface area (Å²) >= 11 is 6.28. The minimum atomic E-state index is -0.541. The highest BCUT2D eigenvalue weighted by Gasteiger charge is 2.13. The van der Waals surface area contributed by atoms with Crippen molar-refractivity contribution < 1.29 is 23.4 Å². The molecule has 0 N–H and O–H groups in total. The van der Waals surface area contributed by atoms with E-state index in [0.29, 0.717) is 39.5 Å². The van der Waals surface area contributed by atoms with Crippen molar-refractivity contribution in [2.45, 2.75) is 20.0 Å². The van der Waals surface area contributed by atoms with Gasteiger partial charge in [-0.25, -0.2) is 9.59 Å². The summed E-state index contributed by atoms with van der Waals surface area (Å²) in [7, 11) is 0. The van der Waals surface area contributed by atoms with Gasteiger partial charge in [-0.3, -0.25) is 0 Å². The molecule has 0 unspecified atom stereocenters. The standard InChI is InChI=1S/C22H17ClO6/c1-2-14-8-19-16(10-17(14)23)15(9-22(25)29-19)11-26-21(24)6-4-13-3-5-18-20(7-13)28-12-27-18/h3-10H,2,11-12H2,1H3. The summed E-state index contributed by atoms with van der Waals surface area (Å²) in [5, 5.41) is 1.21. The second kappa shape index (κ2) is 8.01. The maximum Gasteiger partial charge on any atom is 0.336 e. The van der Waals surface area contributed by atoms with Gasteiger partial charge < -0.3 is 18.6 Å². The highest BCUT2D eigenvalue weighted by atomic mass is 35.5. The summed E-state index contributed by atoms with van der Waals surface area (Å²) in [6, 6.07) is 10.1. The van der Waals surface area contributed by atoms with Gasteiger partial charge in [0.25, 0.3) is 0 Å². The van der Waals surface area contributed by atoms with Crippen LogP contribution in [0.5, 0.6) is 11.5 Å². The van der Waals surface area contributed by atoms with E-state index in [0.717, 1.165) is 11.1 Å². The molecule has 0 bridgehead atoms. The van der Waals surface area contributed by atoms with E-state index in [-0.39, 0.29) is 13.4 Å². The van der Waals surface area contributed by atoms with Crippen LogP contribution in [0.3, 0.4) is 0 Å². The third kappa shape index (κ3) is 4.12. The number of carbonyl (C=O) groups excluding carboxylic acids is 1. The first-order valence-electron chi connectivity index (χ1n) is 9.03. The van der Waals surface area contributed by atoms with Crippen LogP contribution >= 0.6 is 11.6 Å². The first kappa shape index (κ1) is 19.1. The van der Waals surface area contributed by atoms with E-state index < -0.39 is 11.6 Å². The normalized spacial score (nSPS) is 12.6. The number of ether oxygens (including phenoxy) is 3. The van der Waals surface area contributed by atoms with E-state index in [2.05, 4.69) is 0 Å². The second-order valence-electron chi connectivity index (χ2n) is 6.44. The number of fused-ring (bicyclic) bond motifs is 2. The Hall–Kier alpha value is -3.25. The quantitative estimate of drug-likeness (QED) is 0.349. The van der Waals surface area contributed by atoms with E-state index in [1.807, 2.05) is 6.92 Å². The smallest absolute Gasteiger partial charge is 0.336 e. The van der Waals surface area contributed by atoms with Gasteiger partial charge in [-0.05, 0) is 47.9 Å². The fraction of sp³-hybridized carbons (Fsp3) is 0.182. The molecule has 3 aromatic rings. The lowest BCUT2D eigenvalue weighted by molar-refractivity contribution is -0.138. The van der Waals surface area contributed by atoms with Crippen molar-refractivity contribution in [2.24, 2.45) is 0 Å². The summed E-state index contributed by atoms with van der Waals surface area (Å²) in [4.78, 5) is 24.0. The van der Waals surface area contributed by atoms with Gasteiger partial charge in [0.1, 0.15) is 12.2 Å². The lowest BCUT2D eigenvalue weighted by Crippen LogP contribution is -2.06. The number of carbonyl (C=O) groups is 1. The average molecular weight is 413 g/mol. The molecule has 1 aliphatic heterocycles. The van der Waals surface area contributed by atoms with E-state index in [1.165, 1.54) is 12.1 Å². The zero-order chi connectivity index (χ0) is 20.4. The Morgan fingerprint density at radius 3 is 2.79 bits per heavy atom. The van der Waals surface area contributed by atoms with Crippen molar-refractivity contribution in [1.29, 1.82) is 0 Å². The Kier molecular flexibility index (Phi) is 5.27. The molecule has 1 aliphatic rings. The van der Waals surface area contributed by atoms with Crippen LogP contribution in [0, 0.1) is 0 Å². The number of esters is 1. The number of aryl methyl sites for hydroxylation is 1. The molecule has 0 fully saturated rings. The third-order valence-electron chi connectivity index (χ3n) is 4.56. The largest absolute Gasteiger partial charge is 0.458 e. The molecular weight excluding hydrogens is 396 g/mol. The topological polar surface area (TPSA) is 75.0 Å². The highest BCUT2D eigenvalue weighted by Crippen LogP contribution is 2.32. The molecule has 6 nitrogen and oxygen atoms in total. The summed E-state index contributed by atoms with van der Waals surface area (Å²) in [6.45, 7) is 2.07. The number of rotatable bonds is 5. The van der Waals surface area contributed by atoms with Gasteiger partial charge in [0.05, 0.1) is 0 Å². The van der Waals surface area contributed by atoms with Crippen LogP contribution in [0.25, 0.3) is 17.0 Å². The third-order valence-corrected chi connectivity index (χ3v) is 4.91. The SMILES string of the molecule is CCc1cc2oc(=O)cc(COC(=O)C=Cc3ccc4c(c3)OCO4)c2cc1Cl. The molecule has 29 heavy (non-hydrogen) atoms. The fourth-order valence-corrected chi connectivity index (χ4v) is 3.35. The van der Waals surface area contributed by atoms with Crippen LogP contribution in [0.4, 0.5) is 0 Å². The van der Waals surface area contributed by atoms with Crippen LogP contribution in [0.15, 0.2) is 51.7 Å². The molecule has 2 heterocycles. The molecule has 2 aromatic carbocycles. The lowest BCUT2D eigenvalue weighted by atomic mass is 10.1. The van der Waals surface area contributed by atoms with Crippen molar-refractivity contribution >= 4 is 34.6 Å². The monoisotopic (exact) mass is 412 g/mol. The molecular formula is C22H17ClO6. The highest BCUT2D eigenvalue weighted by molar-refractivity contribution is 6.32. The first-order valence-corrected chi connectivity index (χ1v) is 9.41. The summed E-state index contributed by atoms with van der Waals surface area (Å²) in [5.41, 5.74) is 2.09. The van der Waals surface area contributed by atoms with Crippen molar-refractivity contribution in [3.05, 3.63) is 74.6 Å². The Labute approximate surface area is 171 Å². The van der Waals surface area contributed by atoms with E-state index in [9.17, 15) is 9.59 Å². The zero-order valence-corrected chi connectivity index (χ0v) is 16.3. The molecule has 0 amide bonds. The molecule has 0 saturated carbocycles. The maximum atomic E-state index is 12.1. The Morgan fingerprint density at radius 2 is 1.97 bits per heavy atom. The van der Waals surface area contributed by atoms with Crippen molar-refractivity contribution in [3.8, 4) is 11.5 Å². The van der Waals surface area contributed by atoms with Crippen molar-refractivity contribution in [3.63, 3.8) is 0 Å². The van der Waals surface area contributed by atoms with E-state index >= 15 is 0 Å². The lowest BCUT2D eigenvalue weighted by Gasteiger charge is -2.08.